The maximum atomic E-state index is 12.0. The number of hydrogen-bond acceptors (Lipinski definition) is 4. The van der Waals surface area contributed by atoms with Gasteiger partial charge in [0.05, 0.1) is 10.9 Å². The number of aliphatic carboxylic acids is 1. The average molecular weight is 300 g/mol. The maximum absolute atomic E-state index is 12.0. The molecule has 0 bridgehead atoms. The smallest absolute Gasteiger partial charge is 0.308 e. The molecule has 0 aromatic heterocycles. The summed E-state index contributed by atoms with van der Waals surface area (Å²) in [6.07, 6.45) is 0.442. The number of hydrogen-bond donors (Lipinski definition) is 2. The molecule has 1 aliphatic rings. The number of nitrogens with one attached hydrogen (secondary N) is 1. The first-order valence-corrected chi connectivity index (χ1v) is 6.50. The molecule has 6 nitrogen and oxygen atoms in total. The van der Waals surface area contributed by atoms with Gasteiger partial charge in [0.1, 0.15) is 0 Å². The number of ether oxygens (including phenoxy) is 2. The van der Waals surface area contributed by atoms with Crippen LogP contribution in [-0.4, -0.2) is 30.3 Å². The Balaban J connectivity index is 2.07. The summed E-state index contributed by atoms with van der Waals surface area (Å²) in [6.45, 7) is 1.89. The molecule has 1 heterocycles. The third-order valence-corrected chi connectivity index (χ3v) is 3.32. The van der Waals surface area contributed by atoms with E-state index in [1.807, 2.05) is 0 Å². The zero-order valence-corrected chi connectivity index (χ0v) is 11.6. The first kappa shape index (κ1) is 14.5. The first-order chi connectivity index (χ1) is 9.52. The third kappa shape index (κ3) is 2.96. The van der Waals surface area contributed by atoms with Crippen molar-refractivity contribution < 1.29 is 24.2 Å². The molecule has 1 atom stereocenters. The van der Waals surface area contributed by atoms with Crippen molar-refractivity contribution in [3.63, 3.8) is 0 Å². The number of benzene rings is 1. The van der Waals surface area contributed by atoms with E-state index in [4.69, 9.17) is 26.2 Å². The van der Waals surface area contributed by atoms with Crippen molar-refractivity contribution in [2.45, 2.75) is 13.3 Å². The molecule has 2 N–H and O–H groups in total. The number of halogens is 1. The quantitative estimate of drug-likeness (QED) is 0.867. The second-order valence-corrected chi connectivity index (χ2v) is 4.75. The van der Waals surface area contributed by atoms with Crippen molar-refractivity contribution in [2.75, 3.05) is 13.3 Å². The van der Waals surface area contributed by atoms with E-state index >= 15 is 0 Å². The van der Waals surface area contributed by atoms with Gasteiger partial charge in [-0.15, -0.1) is 0 Å². The maximum Gasteiger partial charge on any atom is 0.308 e. The summed E-state index contributed by atoms with van der Waals surface area (Å²) in [7, 11) is 0. The lowest BCUT2D eigenvalue weighted by molar-refractivity contribution is -0.141. The van der Waals surface area contributed by atoms with E-state index in [0.717, 1.165) is 0 Å². The first-order valence-electron chi connectivity index (χ1n) is 6.13. The van der Waals surface area contributed by atoms with Crippen LogP contribution in [-0.2, 0) is 4.79 Å². The molecule has 0 radical (unpaired) electrons. The number of amides is 1. The van der Waals surface area contributed by atoms with Crippen molar-refractivity contribution in [2.24, 2.45) is 5.92 Å². The van der Waals surface area contributed by atoms with Crippen LogP contribution in [0.1, 0.15) is 23.7 Å². The SMILES string of the molecule is CCC(CNC(=O)c1cc(Cl)c2c(c1)OCO2)C(=O)O. The van der Waals surface area contributed by atoms with Gasteiger partial charge in [-0.25, -0.2) is 0 Å². The van der Waals surface area contributed by atoms with Crippen LogP contribution in [0.5, 0.6) is 11.5 Å². The second-order valence-electron chi connectivity index (χ2n) is 4.35. The van der Waals surface area contributed by atoms with Crippen LogP contribution in [0.2, 0.25) is 5.02 Å². The Labute approximate surface area is 120 Å². The summed E-state index contributed by atoms with van der Waals surface area (Å²) < 4.78 is 10.3. The van der Waals surface area contributed by atoms with Gasteiger partial charge in [-0.3, -0.25) is 9.59 Å². The van der Waals surface area contributed by atoms with Gasteiger partial charge < -0.3 is 19.9 Å². The molecule has 1 aromatic carbocycles. The number of rotatable bonds is 5. The lowest BCUT2D eigenvalue weighted by Crippen LogP contribution is -2.32. The Morgan fingerprint density at radius 2 is 2.20 bits per heavy atom. The minimum atomic E-state index is -0.934. The molecule has 108 valence electrons. The van der Waals surface area contributed by atoms with E-state index in [-0.39, 0.29) is 18.4 Å². The fourth-order valence-corrected chi connectivity index (χ4v) is 2.09. The Hall–Kier alpha value is -1.95. The highest BCUT2D eigenvalue weighted by atomic mass is 35.5. The molecule has 2 rings (SSSR count). The van der Waals surface area contributed by atoms with Gasteiger partial charge in [-0.05, 0) is 18.6 Å². The molecular formula is C13H14ClNO5. The molecule has 1 aromatic rings. The Morgan fingerprint density at radius 1 is 1.45 bits per heavy atom. The lowest BCUT2D eigenvalue weighted by Gasteiger charge is -2.11. The fourth-order valence-electron chi connectivity index (χ4n) is 1.82. The fraction of sp³-hybridized carbons (Fsp3) is 0.385. The molecule has 0 fully saturated rings. The summed E-state index contributed by atoms with van der Waals surface area (Å²) in [5.41, 5.74) is 0.305. The molecule has 1 amide bonds. The van der Waals surface area contributed by atoms with Gasteiger partial charge in [0.2, 0.25) is 6.79 Å². The topological polar surface area (TPSA) is 84.9 Å². The molecule has 20 heavy (non-hydrogen) atoms. The standard InChI is InChI=1S/C13H14ClNO5/c1-2-7(13(17)18)5-15-12(16)8-3-9(14)11-10(4-8)19-6-20-11/h3-4,7H,2,5-6H2,1H3,(H,15,16)(H,17,18). The molecule has 0 saturated heterocycles. The van der Waals surface area contributed by atoms with Crippen LogP contribution in [0.15, 0.2) is 12.1 Å². The van der Waals surface area contributed by atoms with Gasteiger partial charge in [-0.1, -0.05) is 18.5 Å². The van der Waals surface area contributed by atoms with Crippen molar-refractivity contribution in [1.82, 2.24) is 5.32 Å². The normalized spacial score (nSPS) is 13.9. The van der Waals surface area contributed by atoms with E-state index in [1.54, 1.807) is 6.92 Å². The molecule has 7 heteroatoms. The molecule has 1 unspecified atom stereocenters. The summed E-state index contributed by atoms with van der Waals surface area (Å²) in [5, 5.41) is 11.8. The number of carbonyl (C=O) groups excluding carboxylic acids is 1. The number of carbonyl (C=O) groups is 2. The van der Waals surface area contributed by atoms with Crippen molar-refractivity contribution in [1.29, 1.82) is 0 Å². The van der Waals surface area contributed by atoms with Crippen LogP contribution >= 0.6 is 11.6 Å². The monoisotopic (exact) mass is 299 g/mol. The van der Waals surface area contributed by atoms with Gasteiger partial charge in [0.15, 0.2) is 11.5 Å². The van der Waals surface area contributed by atoms with Crippen molar-refractivity contribution in [3.05, 3.63) is 22.7 Å². The highest BCUT2D eigenvalue weighted by molar-refractivity contribution is 6.32. The summed E-state index contributed by atoms with van der Waals surface area (Å²) in [6, 6.07) is 2.98. The Morgan fingerprint density at radius 3 is 2.85 bits per heavy atom. The predicted molar refractivity (Wildman–Crippen MR) is 71.3 cm³/mol. The highest BCUT2D eigenvalue weighted by Crippen LogP contribution is 2.39. The molecular weight excluding hydrogens is 286 g/mol. The zero-order valence-electron chi connectivity index (χ0n) is 10.8. The van der Waals surface area contributed by atoms with Crippen LogP contribution in [0, 0.1) is 5.92 Å². The largest absolute Gasteiger partial charge is 0.481 e. The summed E-state index contributed by atoms with van der Waals surface area (Å²) in [5.74, 6) is -1.11. The van der Waals surface area contributed by atoms with Gasteiger partial charge in [0.25, 0.3) is 5.91 Å². The minimum Gasteiger partial charge on any atom is -0.481 e. The van der Waals surface area contributed by atoms with E-state index in [0.29, 0.717) is 23.5 Å². The Kier molecular flexibility index (Phi) is 4.34. The number of carboxylic acid groups (broad SMARTS) is 1. The average Bonchev–Trinajstić information content (AvgIpc) is 2.87. The van der Waals surface area contributed by atoms with E-state index in [1.165, 1.54) is 12.1 Å². The highest BCUT2D eigenvalue weighted by Gasteiger charge is 2.22. The molecule has 0 aliphatic carbocycles. The Bertz CT molecular complexity index is 546. The van der Waals surface area contributed by atoms with Crippen LogP contribution < -0.4 is 14.8 Å². The number of fused-ring (bicyclic) bond motifs is 1. The van der Waals surface area contributed by atoms with Crippen LogP contribution in [0.25, 0.3) is 0 Å². The van der Waals surface area contributed by atoms with Crippen molar-refractivity contribution >= 4 is 23.5 Å². The third-order valence-electron chi connectivity index (χ3n) is 3.04. The van der Waals surface area contributed by atoms with Crippen LogP contribution in [0.3, 0.4) is 0 Å². The summed E-state index contributed by atoms with van der Waals surface area (Å²) in [4.78, 5) is 22.9. The predicted octanol–water partition coefficient (Wildman–Crippen LogP) is 1.91. The van der Waals surface area contributed by atoms with Gasteiger partial charge >= 0.3 is 5.97 Å². The van der Waals surface area contributed by atoms with Gasteiger partial charge in [-0.2, -0.15) is 0 Å². The lowest BCUT2D eigenvalue weighted by atomic mass is 10.1. The van der Waals surface area contributed by atoms with Crippen LogP contribution in [0.4, 0.5) is 0 Å². The van der Waals surface area contributed by atoms with E-state index < -0.39 is 17.8 Å². The molecule has 0 spiro atoms. The minimum absolute atomic E-state index is 0.0662. The summed E-state index contributed by atoms with van der Waals surface area (Å²) >= 11 is 5.98. The van der Waals surface area contributed by atoms with Gasteiger partial charge in [0, 0.05) is 12.1 Å². The molecule has 0 saturated carbocycles. The molecule has 1 aliphatic heterocycles. The second kappa shape index (κ2) is 6.00. The number of carboxylic acids is 1. The van der Waals surface area contributed by atoms with Crippen molar-refractivity contribution in [3.8, 4) is 11.5 Å². The van der Waals surface area contributed by atoms with E-state index in [2.05, 4.69) is 5.32 Å². The van der Waals surface area contributed by atoms with E-state index in [9.17, 15) is 9.59 Å². The zero-order chi connectivity index (χ0) is 14.7.